The van der Waals surface area contributed by atoms with E-state index in [0.717, 1.165) is 17.1 Å². The molecule has 1 spiro atoms. The quantitative estimate of drug-likeness (QED) is 0.729. The van der Waals surface area contributed by atoms with Crippen LogP contribution in [0, 0.1) is 25.7 Å². The van der Waals surface area contributed by atoms with E-state index in [2.05, 4.69) is 11.9 Å². The van der Waals surface area contributed by atoms with Gasteiger partial charge in [-0.15, -0.1) is 0 Å². The topological polar surface area (TPSA) is 67.7 Å². The molecule has 2 saturated heterocycles. The molecule has 7 nitrogen and oxygen atoms in total. The van der Waals surface area contributed by atoms with Gasteiger partial charge >= 0.3 is 0 Å². The summed E-state index contributed by atoms with van der Waals surface area (Å²) in [7, 11) is 3.67. The number of benzene rings is 1. The first kappa shape index (κ1) is 19.1. The van der Waals surface area contributed by atoms with E-state index in [1.807, 2.05) is 55.1 Å². The Morgan fingerprint density at radius 1 is 1.33 bits per heavy atom. The number of anilines is 1. The molecule has 4 unspecified atom stereocenters. The first-order valence-corrected chi connectivity index (χ1v) is 10.3. The summed E-state index contributed by atoms with van der Waals surface area (Å²) in [5.74, 6) is -0.312. The molecule has 0 N–H and O–H groups in total. The van der Waals surface area contributed by atoms with E-state index >= 15 is 0 Å². The highest BCUT2D eigenvalue weighted by Gasteiger charge is 2.67. The lowest BCUT2D eigenvalue weighted by molar-refractivity contribution is -0.139. The van der Waals surface area contributed by atoms with Gasteiger partial charge in [0.2, 0.25) is 11.8 Å². The smallest absolute Gasteiger partial charge is 0.234 e. The van der Waals surface area contributed by atoms with Crippen molar-refractivity contribution >= 4 is 17.5 Å². The number of amides is 2. The van der Waals surface area contributed by atoms with Crippen molar-refractivity contribution in [2.45, 2.75) is 32.1 Å². The molecule has 2 aromatic rings. The fourth-order valence-electron chi connectivity index (χ4n) is 4.99. The maximum absolute atomic E-state index is 13.5. The molecule has 30 heavy (non-hydrogen) atoms. The molecule has 2 fully saturated rings. The first-order chi connectivity index (χ1) is 14.3. The second-order valence-corrected chi connectivity index (χ2v) is 8.74. The van der Waals surface area contributed by atoms with Crippen molar-refractivity contribution in [3.8, 4) is 0 Å². The molecule has 2 amide bonds. The van der Waals surface area contributed by atoms with Gasteiger partial charge in [0.25, 0.3) is 0 Å². The molecule has 4 heterocycles. The van der Waals surface area contributed by atoms with Gasteiger partial charge in [-0.1, -0.05) is 18.2 Å². The van der Waals surface area contributed by atoms with Crippen LogP contribution in [0.5, 0.6) is 0 Å². The van der Waals surface area contributed by atoms with Crippen LogP contribution < -0.4 is 4.90 Å². The largest absolute Gasteiger partial charge is 0.360 e. The Kier molecular flexibility index (Phi) is 4.15. The second-order valence-electron chi connectivity index (χ2n) is 8.74. The normalized spacial score (nSPS) is 29.0. The van der Waals surface area contributed by atoms with E-state index in [4.69, 9.17) is 4.74 Å². The van der Waals surface area contributed by atoms with Gasteiger partial charge in [-0.25, -0.2) is 4.98 Å². The highest BCUT2D eigenvalue weighted by atomic mass is 16.5. The van der Waals surface area contributed by atoms with Crippen molar-refractivity contribution in [3.05, 3.63) is 59.7 Å². The maximum Gasteiger partial charge on any atom is 0.234 e. The highest BCUT2D eigenvalue weighted by molar-refractivity contribution is 6.03. The molecule has 3 aliphatic heterocycles. The number of nitrogens with zero attached hydrogens (tertiary/aromatic N) is 4. The van der Waals surface area contributed by atoms with Crippen LogP contribution in [0.25, 0.3) is 0 Å². The second kappa shape index (κ2) is 6.54. The molecule has 1 aromatic carbocycles. The Morgan fingerprint density at radius 3 is 2.83 bits per heavy atom. The fraction of sp³-hybridized carbons (Fsp3) is 0.435. The van der Waals surface area contributed by atoms with E-state index < -0.39 is 17.4 Å². The summed E-state index contributed by atoms with van der Waals surface area (Å²) in [5.41, 5.74) is 2.47. The molecule has 4 atom stereocenters. The third kappa shape index (κ3) is 2.65. The Hall–Kier alpha value is -2.93. The summed E-state index contributed by atoms with van der Waals surface area (Å²) in [6.45, 7) is 4.93. The molecule has 0 radical (unpaired) electrons. The third-order valence-electron chi connectivity index (χ3n) is 6.86. The highest BCUT2D eigenvalue weighted by Crippen LogP contribution is 2.53. The number of carbonyl (C=O) groups excluding carboxylic acids is 2. The van der Waals surface area contributed by atoms with E-state index in [0.29, 0.717) is 13.1 Å². The van der Waals surface area contributed by atoms with Crippen molar-refractivity contribution in [1.82, 2.24) is 14.5 Å². The van der Waals surface area contributed by atoms with Crippen molar-refractivity contribution in [2.75, 3.05) is 18.5 Å². The number of aryl methyl sites for hydroxylation is 3. The molecule has 3 aliphatic rings. The van der Waals surface area contributed by atoms with Gasteiger partial charge in [0.1, 0.15) is 11.4 Å². The third-order valence-corrected chi connectivity index (χ3v) is 6.86. The van der Waals surface area contributed by atoms with E-state index in [1.54, 1.807) is 23.0 Å². The minimum absolute atomic E-state index is 0.0335. The summed E-state index contributed by atoms with van der Waals surface area (Å²) >= 11 is 0. The van der Waals surface area contributed by atoms with Crippen LogP contribution >= 0.6 is 0 Å². The number of carbonyl (C=O) groups is 2. The Morgan fingerprint density at radius 2 is 2.13 bits per heavy atom. The zero-order chi connectivity index (χ0) is 21.2. The summed E-state index contributed by atoms with van der Waals surface area (Å²) in [5, 5.41) is 0. The van der Waals surface area contributed by atoms with Gasteiger partial charge < -0.3 is 19.1 Å². The lowest BCUT2D eigenvalue weighted by Crippen LogP contribution is -2.44. The zero-order valence-electron chi connectivity index (χ0n) is 17.7. The van der Waals surface area contributed by atoms with Gasteiger partial charge in [-0.3, -0.25) is 9.59 Å². The predicted octanol–water partition coefficient (Wildman–Crippen LogP) is 1.98. The van der Waals surface area contributed by atoms with Gasteiger partial charge in [0, 0.05) is 32.2 Å². The SMILES string of the molecule is Cc1ccc(N2CC34C=CC(O3)C(C(=O)N(C)Cc3nccn3C)C4C2=O)cc1C. The molecule has 1 aromatic heterocycles. The summed E-state index contributed by atoms with van der Waals surface area (Å²) < 4.78 is 8.15. The lowest BCUT2D eigenvalue weighted by Gasteiger charge is -2.27. The molecular weight excluding hydrogens is 380 g/mol. The van der Waals surface area contributed by atoms with Crippen molar-refractivity contribution < 1.29 is 14.3 Å². The molecule has 7 heteroatoms. The molecule has 2 bridgehead atoms. The van der Waals surface area contributed by atoms with Crippen LogP contribution in [0.3, 0.4) is 0 Å². The molecule has 156 valence electrons. The summed E-state index contributed by atoms with van der Waals surface area (Å²) in [4.78, 5) is 34.7. The van der Waals surface area contributed by atoms with Crippen molar-refractivity contribution in [1.29, 1.82) is 0 Å². The number of imidazole rings is 1. The average molecular weight is 406 g/mol. The maximum atomic E-state index is 13.5. The van der Waals surface area contributed by atoms with Gasteiger partial charge in [0.15, 0.2) is 0 Å². The molecular formula is C23H26N4O3. The van der Waals surface area contributed by atoms with Crippen LogP contribution in [0.2, 0.25) is 0 Å². The predicted molar refractivity (Wildman–Crippen MR) is 112 cm³/mol. The summed E-state index contributed by atoms with van der Waals surface area (Å²) in [6, 6.07) is 6.03. The lowest BCUT2D eigenvalue weighted by atomic mass is 9.76. The van der Waals surface area contributed by atoms with E-state index in [9.17, 15) is 9.59 Å². The number of ether oxygens (including phenoxy) is 1. The van der Waals surface area contributed by atoms with Crippen LogP contribution in [-0.4, -0.2) is 51.6 Å². The Labute approximate surface area is 175 Å². The number of rotatable bonds is 4. The Balaban J connectivity index is 1.43. The number of aromatic nitrogens is 2. The van der Waals surface area contributed by atoms with Crippen LogP contribution in [-0.2, 0) is 27.9 Å². The zero-order valence-corrected chi connectivity index (χ0v) is 17.7. The van der Waals surface area contributed by atoms with Crippen molar-refractivity contribution in [3.63, 3.8) is 0 Å². The fourth-order valence-corrected chi connectivity index (χ4v) is 4.99. The van der Waals surface area contributed by atoms with Crippen molar-refractivity contribution in [2.24, 2.45) is 18.9 Å². The number of hydrogen-bond donors (Lipinski definition) is 0. The number of hydrogen-bond acceptors (Lipinski definition) is 4. The minimum Gasteiger partial charge on any atom is -0.360 e. The molecule has 0 saturated carbocycles. The van der Waals surface area contributed by atoms with Gasteiger partial charge in [-0.2, -0.15) is 0 Å². The number of fused-ring (bicyclic) bond motifs is 1. The monoisotopic (exact) mass is 406 g/mol. The van der Waals surface area contributed by atoms with Gasteiger partial charge in [-0.05, 0) is 37.1 Å². The van der Waals surface area contributed by atoms with Gasteiger partial charge in [0.05, 0.1) is 31.0 Å². The van der Waals surface area contributed by atoms with Crippen LogP contribution in [0.15, 0.2) is 42.7 Å². The van der Waals surface area contributed by atoms with E-state index in [1.165, 1.54) is 5.56 Å². The van der Waals surface area contributed by atoms with Crippen LogP contribution in [0.1, 0.15) is 17.0 Å². The standard InChI is InChI=1S/C23H26N4O3/c1-14-5-6-16(11-15(14)2)27-13-23-8-7-17(30-23)19(20(23)22(27)29)21(28)26(4)12-18-24-9-10-25(18)3/h5-11,17,19-20H,12-13H2,1-4H3. The molecule has 5 rings (SSSR count). The Bertz CT molecular complexity index is 1070. The van der Waals surface area contributed by atoms with E-state index in [-0.39, 0.29) is 17.9 Å². The van der Waals surface area contributed by atoms with Crippen LogP contribution in [0.4, 0.5) is 5.69 Å². The molecule has 0 aliphatic carbocycles. The average Bonchev–Trinajstić information content (AvgIpc) is 3.46. The first-order valence-electron chi connectivity index (χ1n) is 10.3. The summed E-state index contributed by atoms with van der Waals surface area (Å²) in [6.07, 6.45) is 7.16. The minimum atomic E-state index is -0.717.